The summed E-state index contributed by atoms with van der Waals surface area (Å²) in [4.78, 5) is 25.1. The Morgan fingerprint density at radius 3 is 2.74 bits per heavy atom. The fourth-order valence-corrected chi connectivity index (χ4v) is 5.57. The standard InChI is InChI=1S/C25H18N4OS/c30-24(20-7-11-29-23(20)15-31-25(29)18-2-1-8-27-13-18)21-14-28-22-12-17(3-4-19(21)22)16-5-9-26-10-6-16/h1-14,25,28H,15H2. The number of aromatic nitrogens is 4. The Hall–Kier alpha value is -3.64. The summed E-state index contributed by atoms with van der Waals surface area (Å²) in [6.45, 7) is 0. The number of ketones is 1. The van der Waals surface area contributed by atoms with Crippen LogP contribution in [0.5, 0.6) is 0 Å². The molecule has 5 nitrogen and oxygen atoms in total. The van der Waals surface area contributed by atoms with Crippen LogP contribution in [0.25, 0.3) is 22.0 Å². The van der Waals surface area contributed by atoms with Crippen LogP contribution >= 0.6 is 11.8 Å². The SMILES string of the molecule is O=C(c1ccn2c1CSC2c1cccnc1)c1c[nH]c2cc(-c3ccncc3)ccc12. The number of aromatic amines is 1. The van der Waals surface area contributed by atoms with Gasteiger partial charge in [-0.15, -0.1) is 11.8 Å². The van der Waals surface area contributed by atoms with Crippen LogP contribution in [-0.4, -0.2) is 25.3 Å². The fraction of sp³-hybridized carbons (Fsp3) is 0.0800. The van der Waals surface area contributed by atoms with E-state index in [0.29, 0.717) is 5.56 Å². The van der Waals surface area contributed by atoms with Crippen molar-refractivity contribution in [2.75, 3.05) is 0 Å². The number of hydrogen-bond acceptors (Lipinski definition) is 4. The van der Waals surface area contributed by atoms with Crippen molar-refractivity contribution < 1.29 is 4.79 Å². The molecule has 0 fully saturated rings. The molecule has 1 aliphatic rings. The molecule has 0 aliphatic carbocycles. The second-order valence-electron chi connectivity index (χ2n) is 7.56. The molecule has 4 aromatic heterocycles. The Balaban J connectivity index is 1.36. The normalized spacial score (nSPS) is 15.3. The largest absolute Gasteiger partial charge is 0.360 e. The van der Waals surface area contributed by atoms with Gasteiger partial charge in [-0.2, -0.15) is 0 Å². The molecule has 31 heavy (non-hydrogen) atoms. The minimum Gasteiger partial charge on any atom is -0.360 e. The molecule has 1 aromatic carbocycles. The summed E-state index contributed by atoms with van der Waals surface area (Å²) in [7, 11) is 0. The van der Waals surface area contributed by atoms with Crippen molar-refractivity contribution in [1.29, 1.82) is 0 Å². The number of hydrogen-bond donors (Lipinski definition) is 1. The number of fused-ring (bicyclic) bond motifs is 2. The zero-order valence-electron chi connectivity index (χ0n) is 16.5. The Labute approximate surface area is 183 Å². The summed E-state index contributed by atoms with van der Waals surface area (Å²) in [6.07, 6.45) is 11.1. The van der Waals surface area contributed by atoms with Crippen molar-refractivity contribution in [1.82, 2.24) is 19.5 Å². The van der Waals surface area contributed by atoms with Gasteiger partial charge in [0.25, 0.3) is 0 Å². The van der Waals surface area contributed by atoms with Crippen LogP contribution in [0.1, 0.15) is 32.6 Å². The third-order valence-electron chi connectivity index (χ3n) is 5.81. The number of carbonyl (C=O) groups excluding carboxylic acids is 1. The van der Waals surface area contributed by atoms with Gasteiger partial charge in [0.2, 0.25) is 0 Å². The summed E-state index contributed by atoms with van der Waals surface area (Å²) < 4.78 is 2.20. The van der Waals surface area contributed by atoms with E-state index in [2.05, 4.69) is 37.7 Å². The highest BCUT2D eigenvalue weighted by Gasteiger charge is 2.29. The molecule has 1 unspecified atom stereocenters. The molecule has 5 heterocycles. The van der Waals surface area contributed by atoms with Crippen LogP contribution in [0.4, 0.5) is 0 Å². The minimum absolute atomic E-state index is 0.0593. The smallest absolute Gasteiger partial charge is 0.197 e. The van der Waals surface area contributed by atoms with Crippen LogP contribution in [-0.2, 0) is 5.75 Å². The third-order valence-corrected chi connectivity index (χ3v) is 7.06. The number of nitrogens with one attached hydrogen (secondary N) is 1. The van der Waals surface area contributed by atoms with E-state index in [9.17, 15) is 4.79 Å². The number of rotatable bonds is 4. The zero-order valence-corrected chi connectivity index (χ0v) is 17.3. The average molecular weight is 423 g/mol. The van der Waals surface area contributed by atoms with Crippen molar-refractivity contribution in [3.8, 4) is 11.1 Å². The van der Waals surface area contributed by atoms with E-state index in [-0.39, 0.29) is 11.2 Å². The topological polar surface area (TPSA) is 63.6 Å². The first kappa shape index (κ1) is 18.2. The van der Waals surface area contributed by atoms with Gasteiger partial charge in [-0.3, -0.25) is 14.8 Å². The molecule has 0 saturated heterocycles. The number of carbonyl (C=O) groups is 1. The van der Waals surface area contributed by atoms with Crippen LogP contribution < -0.4 is 0 Å². The van der Waals surface area contributed by atoms with E-state index in [4.69, 9.17) is 0 Å². The van der Waals surface area contributed by atoms with Crippen LogP contribution in [0.3, 0.4) is 0 Å². The lowest BCUT2D eigenvalue weighted by Crippen LogP contribution is -2.05. The van der Waals surface area contributed by atoms with E-state index in [1.807, 2.05) is 60.7 Å². The van der Waals surface area contributed by atoms with E-state index in [1.54, 1.807) is 18.6 Å². The summed E-state index contributed by atoms with van der Waals surface area (Å²) in [6, 6.07) is 16.1. The maximum atomic E-state index is 13.5. The maximum Gasteiger partial charge on any atom is 0.197 e. The predicted molar refractivity (Wildman–Crippen MR) is 123 cm³/mol. The molecule has 150 valence electrons. The average Bonchev–Trinajstić information content (AvgIpc) is 3.54. The molecule has 0 amide bonds. The Kier molecular flexibility index (Phi) is 4.25. The molecular formula is C25H18N4OS. The molecule has 1 aliphatic heterocycles. The molecule has 0 bridgehead atoms. The predicted octanol–water partition coefficient (Wildman–Crippen LogP) is 5.45. The second-order valence-corrected chi connectivity index (χ2v) is 8.63. The lowest BCUT2D eigenvalue weighted by atomic mass is 10.0. The van der Waals surface area contributed by atoms with E-state index < -0.39 is 0 Å². The van der Waals surface area contributed by atoms with Gasteiger partial charge >= 0.3 is 0 Å². The Morgan fingerprint density at radius 1 is 1.00 bits per heavy atom. The van der Waals surface area contributed by atoms with E-state index in [0.717, 1.165) is 44.6 Å². The first-order valence-electron chi connectivity index (χ1n) is 10.1. The molecule has 0 radical (unpaired) electrons. The second kappa shape index (κ2) is 7.25. The Bertz CT molecular complexity index is 1410. The minimum atomic E-state index is 0.0593. The summed E-state index contributed by atoms with van der Waals surface area (Å²) >= 11 is 1.82. The highest BCUT2D eigenvalue weighted by Crippen LogP contribution is 2.42. The van der Waals surface area contributed by atoms with Gasteiger partial charge in [0, 0.05) is 76.2 Å². The molecule has 1 N–H and O–H groups in total. The number of nitrogens with zero attached hydrogens (tertiary/aromatic N) is 3. The van der Waals surface area contributed by atoms with Crippen molar-refractivity contribution in [3.63, 3.8) is 0 Å². The van der Waals surface area contributed by atoms with Gasteiger partial charge in [0.1, 0.15) is 5.37 Å². The molecule has 0 spiro atoms. The van der Waals surface area contributed by atoms with E-state index >= 15 is 0 Å². The quantitative estimate of drug-likeness (QED) is 0.391. The van der Waals surface area contributed by atoms with Gasteiger partial charge in [0.05, 0.1) is 0 Å². The number of H-pyrrole nitrogens is 1. The first-order valence-corrected chi connectivity index (χ1v) is 11.1. The maximum absolute atomic E-state index is 13.5. The van der Waals surface area contributed by atoms with Crippen molar-refractivity contribution in [2.45, 2.75) is 11.1 Å². The van der Waals surface area contributed by atoms with Gasteiger partial charge < -0.3 is 9.55 Å². The van der Waals surface area contributed by atoms with Crippen LogP contribution in [0.15, 0.2) is 85.7 Å². The van der Waals surface area contributed by atoms with Crippen molar-refractivity contribution in [2.24, 2.45) is 0 Å². The van der Waals surface area contributed by atoms with Gasteiger partial charge in [0.15, 0.2) is 5.78 Å². The van der Waals surface area contributed by atoms with Crippen LogP contribution in [0, 0.1) is 0 Å². The fourth-order valence-electron chi connectivity index (χ4n) is 4.26. The monoisotopic (exact) mass is 422 g/mol. The number of thioether (sulfide) groups is 1. The zero-order chi connectivity index (χ0) is 20.8. The number of pyridine rings is 2. The van der Waals surface area contributed by atoms with Crippen molar-refractivity contribution in [3.05, 3.63) is 108 Å². The molecule has 6 heteroatoms. The van der Waals surface area contributed by atoms with E-state index in [1.165, 1.54) is 0 Å². The van der Waals surface area contributed by atoms with Gasteiger partial charge in [-0.1, -0.05) is 18.2 Å². The summed E-state index contributed by atoms with van der Waals surface area (Å²) in [5.74, 6) is 0.867. The molecule has 6 rings (SSSR count). The van der Waals surface area contributed by atoms with Crippen LogP contribution in [0.2, 0.25) is 0 Å². The summed E-state index contributed by atoms with van der Waals surface area (Å²) in [5, 5.41) is 1.10. The molecular weight excluding hydrogens is 404 g/mol. The summed E-state index contributed by atoms with van der Waals surface area (Å²) in [5.41, 5.74) is 6.86. The molecule has 1 atom stereocenters. The van der Waals surface area contributed by atoms with Crippen molar-refractivity contribution >= 4 is 28.4 Å². The third kappa shape index (κ3) is 2.99. The molecule has 5 aromatic rings. The highest BCUT2D eigenvalue weighted by molar-refractivity contribution is 7.99. The van der Waals surface area contributed by atoms with Gasteiger partial charge in [-0.05, 0) is 41.5 Å². The number of benzene rings is 1. The molecule has 0 saturated carbocycles. The lowest BCUT2D eigenvalue weighted by Gasteiger charge is -2.11. The van der Waals surface area contributed by atoms with Gasteiger partial charge in [-0.25, -0.2) is 0 Å². The Morgan fingerprint density at radius 2 is 1.90 bits per heavy atom. The lowest BCUT2D eigenvalue weighted by molar-refractivity contribution is 0.103. The first-order chi connectivity index (χ1) is 15.3. The highest BCUT2D eigenvalue weighted by atomic mass is 32.2.